The minimum Gasteiger partial charge on any atom is -0.493 e. The summed E-state index contributed by atoms with van der Waals surface area (Å²) in [5, 5.41) is 2.82. The van der Waals surface area contributed by atoms with Gasteiger partial charge in [0.05, 0.1) is 6.61 Å². The monoisotopic (exact) mass is 286 g/mol. The molecule has 3 N–H and O–H groups in total. The molecule has 108 valence electrons. The summed E-state index contributed by atoms with van der Waals surface area (Å²) in [5.41, 5.74) is 6.34. The van der Waals surface area contributed by atoms with Gasteiger partial charge in [-0.3, -0.25) is 4.79 Å². The molecule has 1 aromatic rings. The number of rotatable bonds is 7. The van der Waals surface area contributed by atoms with Crippen LogP contribution in [0.1, 0.15) is 25.8 Å². The fourth-order valence-electron chi connectivity index (χ4n) is 1.43. The van der Waals surface area contributed by atoms with Gasteiger partial charge in [-0.1, -0.05) is 26.0 Å². The van der Waals surface area contributed by atoms with E-state index in [9.17, 15) is 4.79 Å². The van der Waals surface area contributed by atoms with E-state index in [4.69, 9.17) is 10.5 Å². The normalized spacial score (nSPS) is 9.89. The summed E-state index contributed by atoms with van der Waals surface area (Å²) >= 11 is 0. The van der Waals surface area contributed by atoms with Crippen LogP contribution in [0.2, 0.25) is 0 Å². The molecule has 0 aliphatic carbocycles. The molecule has 5 heteroatoms. The molecule has 1 amide bonds. The second-order valence-electron chi connectivity index (χ2n) is 4.67. The number of carbonyl (C=O) groups excluding carboxylic acids is 1. The number of hydrogen-bond acceptors (Lipinski definition) is 3. The highest BCUT2D eigenvalue weighted by molar-refractivity contribution is 5.85. The maximum atomic E-state index is 11.3. The molecule has 0 aliphatic rings. The number of amides is 1. The van der Waals surface area contributed by atoms with Gasteiger partial charge in [0.2, 0.25) is 5.91 Å². The lowest BCUT2D eigenvalue weighted by molar-refractivity contribution is -0.121. The Morgan fingerprint density at radius 3 is 2.79 bits per heavy atom. The molecule has 0 aromatic heterocycles. The Labute approximate surface area is 121 Å². The number of ether oxygens (including phenoxy) is 1. The highest BCUT2D eigenvalue weighted by atomic mass is 35.5. The highest BCUT2D eigenvalue weighted by Gasteiger charge is 2.02. The van der Waals surface area contributed by atoms with Crippen LogP contribution in [0.5, 0.6) is 5.75 Å². The SMILES string of the molecule is CC(C)COc1cccc(CNC(=O)CCN)c1.Cl. The van der Waals surface area contributed by atoms with Crippen molar-refractivity contribution in [3.8, 4) is 5.75 Å². The van der Waals surface area contributed by atoms with E-state index < -0.39 is 0 Å². The van der Waals surface area contributed by atoms with Gasteiger partial charge in [-0.05, 0) is 23.6 Å². The fraction of sp³-hybridized carbons (Fsp3) is 0.500. The molecule has 0 unspecified atom stereocenters. The molecule has 0 aliphatic heterocycles. The standard InChI is InChI=1S/C14H22N2O2.ClH/c1-11(2)10-18-13-5-3-4-12(8-13)9-16-14(17)6-7-15;/h3-5,8,11H,6-7,9-10,15H2,1-2H3,(H,16,17);1H. The van der Waals surface area contributed by atoms with Crippen molar-refractivity contribution >= 4 is 18.3 Å². The van der Waals surface area contributed by atoms with E-state index >= 15 is 0 Å². The zero-order valence-electron chi connectivity index (χ0n) is 11.5. The molecular weight excluding hydrogens is 264 g/mol. The first-order valence-corrected chi connectivity index (χ1v) is 6.30. The Hall–Kier alpha value is -1.26. The quantitative estimate of drug-likeness (QED) is 0.807. The van der Waals surface area contributed by atoms with Crippen LogP contribution in [0.4, 0.5) is 0 Å². The van der Waals surface area contributed by atoms with Crippen molar-refractivity contribution in [1.29, 1.82) is 0 Å². The number of halogens is 1. The Morgan fingerprint density at radius 2 is 2.16 bits per heavy atom. The summed E-state index contributed by atoms with van der Waals surface area (Å²) < 4.78 is 5.63. The van der Waals surface area contributed by atoms with E-state index in [-0.39, 0.29) is 18.3 Å². The molecular formula is C14H23ClN2O2. The van der Waals surface area contributed by atoms with Crippen molar-refractivity contribution in [1.82, 2.24) is 5.32 Å². The highest BCUT2D eigenvalue weighted by Crippen LogP contribution is 2.14. The first-order valence-electron chi connectivity index (χ1n) is 6.30. The van der Waals surface area contributed by atoms with Crippen molar-refractivity contribution in [3.63, 3.8) is 0 Å². The van der Waals surface area contributed by atoms with Gasteiger partial charge in [-0.25, -0.2) is 0 Å². The zero-order chi connectivity index (χ0) is 13.4. The second kappa shape index (κ2) is 9.64. The summed E-state index contributed by atoms with van der Waals surface area (Å²) in [5.74, 6) is 1.32. The molecule has 0 radical (unpaired) electrons. The molecule has 19 heavy (non-hydrogen) atoms. The fourth-order valence-corrected chi connectivity index (χ4v) is 1.43. The van der Waals surface area contributed by atoms with E-state index in [0.29, 0.717) is 32.0 Å². The predicted octanol–water partition coefficient (Wildman–Crippen LogP) is 2.11. The van der Waals surface area contributed by atoms with Crippen molar-refractivity contribution in [2.75, 3.05) is 13.2 Å². The van der Waals surface area contributed by atoms with Crippen molar-refractivity contribution in [3.05, 3.63) is 29.8 Å². The number of carbonyl (C=O) groups is 1. The van der Waals surface area contributed by atoms with Crippen molar-refractivity contribution in [2.24, 2.45) is 11.7 Å². The van der Waals surface area contributed by atoms with Gasteiger partial charge in [0.15, 0.2) is 0 Å². The van der Waals surface area contributed by atoms with Gasteiger partial charge in [-0.2, -0.15) is 0 Å². The third-order valence-corrected chi connectivity index (χ3v) is 2.34. The Bertz CT molecular complexity index is 383. The molecule has 1 aromatic carbocycles. The van der Waals surface area contributed by atoms with E-state index in [2.05, 4.69) is 19.2 Å². The minimum atomic E-state index is -0.0222. The number of hydrogen-bond donors (Lipinski definition) is 2. The average Bonchev–Trinajstić information content (AvgIpc) is 2.35. The molecule has 4 nitrogen and oxygen atoms in total. The zero-order valence-corrected chi connectivity index (χ0v) is 12.3. The van der Waals surface area contributed by atoms with Gasteiger partial charge in [0, 0.05) is 19.5 Å². The van der Waals surface area contributed by atoms with E-state index in [0.717, 1.165) is 11.3 Å². The van der Waals surface area contributed by atoms with Crippen LogP contribution < -0.4 is 15.8 Å². The molecule has 0 saturated carbocycles. The number of nitrogens with two attached hydrogens (primary N) is 1. The van der Waals surface area contributed by atoms with Gasteiger partial charge in [0.25, 0.3) is 0 Å². The summed E-state index contributed by atoms with van der Waals surface area (Å²) in [6, 6.07) is 7.77. The van der Waals surface area contributed by atoms with Gasteiger partial charge < -0.3 is 15.8 Å². The average molecular weight is 287 g/mol. The van der Waals surface area contributed by atoms with Gasteiger partial charge in [0.1, 0.15) is 5.75 Å². The van der Waals surface area contributed by atoms with Crippen LogP contribution in [0.15, 0.2) is 24.3 Å². The summed E-state index contributed by atoms with van der Waals surface area (Å²) in [6.07, 6.45) is 0.365. The van der Waals surface area contributed by atoms with E-state index in [1.54, 1.807) is 0 Å². The summed E-state index contributed by atoms with van der Waals surface area (Å²) in [6.45, 7) is 5.80. The van der Waals surface area contributed by atoms with Crippen LogP contribution in [0.3, 0.4) is 0 Å². The van der Waals surface area contributed by atoms with Crippen LogP contribution in [0, 0.1) is 5.92 Å². The molecule has 0 fully saturated rings. The summed E-state index contributed by atoms with van der Waals surface area (Å²) in [7, 11) is 0. The molecule has 0 bridgehead atoms. The topological polar surface area (TPSA) is 64.3 Å². The largest absolute Gasteiger partial charge is 0.493 e. The Kier molecular flexibility index (Phi) is 9.00. The minimum absolute atomic E-state index is 0. The maximum Gasteiger partial charge on any atom is 0.221 e. The first-order chi connectivity index (χ1) is 8.61. The van der Waals surface area contributed by atoms with Gasteiger partial charge in [-0.15, -0.1) is 12.4 Å². The number of benzene rings is 1. The predicted molar refractivity (Wildman–Crippen MR) is 79.5 cm³/mol. The third-order valence-electron chi connectivity index (χ3n) is 2.34. The van der Waals surface area contributed by atoms with Crippen molar-refractivity contribution < 1.29 is 9.53 Å². The Morgan fingerprint density at radius 1 is 1.42 bits per heavy atom. The maximum absolute atomic E-state index is 11.3. The van der Waals surface area contributed by atoms with Crippen LogP contribution >= 0.6 is 12.4 Å². The van der Waals surface area contributed by atoms with Crippen molar-refractivity contribution in [2.45, 2.75) is 26.8 Å². The molecule has 0 saturated heterocycles. The third kappa shape index (κ3) is 7.70. The van der Waals surface area contributed by atoms with Crippen LogP contribution in [-0.2, 0) is 11.3 Å². The summed E-state index contributed by atoms with van der Waals surface area (Å²) in [4.78, 5) is 11.3. The first kappa shape index (κ1) is 17.7. The number of nitrogens with one attached hydrogen (secondary N) is 1. The second-order valence-corrected chi connectivity index (χ2v) is 4.67. The van der Waals surface area contributed by atoms with Crippen LogP contribution in [0.25, 0.3) is 0 Å². The molecule has 1 rings (SSSR count). The molecule has 0 heterocycles. The van der Waals surface area contributed by atoms with E-state index in [1.807, 2.05) is 24.3 Å². The lowest BCUT2D eigenvalue weighted by Gasteiger charge is -2.10. The molecule has 0 spiro atoms. The smallest absolute Gasteiger partial charge is 0.221 e. The Balaban J connectivity index is 0.00000324. The molecule has 0 atom stereocenters. The lowest BCUT2D eigenvalue weighted by atomic mass is 10.2. The van der Waals surface area contributed by atoms with Crippen LogP contribution in [-0.4, -0.2) is 19.1 Å². The van der Waals surface area contributed by atoms with Gasteiger partial charge >= 0.3 is 0 Å². The van der Waals surface area contributed by atoms with E-state index in [1.165, 1.54) is 0 Å². The lowest BCUT2D eigenvalue weighted by Crippen LogP contribution is -2.24.